The van der Waals surface area contributed by atoms with Crippen LogP contribution in [0.5, 0.6) is 11.6 Å². The maximum atomic E-state index is 14.1. The van der Waals surface area contributed by atoms with Crippen molar-refractivity contribution < 1.29 is 31.3 Å². The van der Waals surface area contributed by atoms with Gasteiger partial charge in [-0.2, -0.15) is 8.42 Å². The molecule has 3 aromatic rings. The van der Waals surface area contributed by atoms with E-state index in [0.29, 0.717) is 53.2 Å². The van der Waals surface area contributed by atoms with E-state index in [1.54, 1.807) is 41.4 Å². The van der Waals surface area contributed by atoms with Crippen LogP contribution in [0.4, 0.5) is 15.0 Å². The van der Waals surface area contributed by atoms with E-state index in [9.17, 15) is 17.6 Å². The number of rotatable bonds is 7. The second kappa shape index (κ2) is 12.1. The Bertz CT molecular complexity index is 1450. The predicted octanol–water partition coefficient (Wildman–Crippen LogP) is 5.37. The molecule has 1 amide bonds. The monoisotopic (exact) mass is 636 g/mol. The number of pyridine rings is 2. The smallest absolute Gasteiger partial charge is 0.410 e. The number of aromatic nitrogens is 2. The van der Waals surface area contributed by atoms with Gasteiger partial charge in [0.25, 0.3) is 10.1 Å². The van der Waals surface area contributed by atoms with Gasteiger partial charge in [-0.3, -0.25) is 4.18 Å². The van der Waals surface area contributed by atoms with Crippen molar-refractivity contribution >= 4 is 38.0 Å². The molecule has 1 fully saturated rings. The summed E-state index contributed by atoms with van der Waals surface area (Å²) in [5, 5.41) is 0. The number of hydrogen-bond donors (Lipinski definition) is 0. The molecule has 40 heavy (non-hydrogen) atoms. The molecule has 1 aromatic carbocycles. The molecule has 10 nitrogen and oxygen atoms in total. The SMILES string of the molecule is CC(C)(C)OC(=O)N1CCN(c2ccc(Oc3cc(COS(C)(=O)=O)cc(-c4cc(F)cc(Br)c4)n3)cn2)CC1. The summed E-state index contributed by atoms with van der Waals surface area (Å²) in [6, 6.07) is 11.0. The zero-order valence-electron chi connectivity index (χ0n) is 22.6. The number of benzene rings is 1. The Kier molecular flexibility index (Phi) is 8.96. The van der Waals surface area contributed by atoms with Crippen LogP contribution in [-0.2, 0) is 25.6 Å². The van der Waals surface area contributed by atoms with Crippen LogP contribution in [0.15, 0.2) is 53.1 Å². The second-order valence-electron chi connectivity index (χ2n) is 10.2. The summed E-state index contributed by atoms with van der Waals surface area (Å²) in [7, 11) is -3.69. The third-order valence-corrected chi connectivity index (χ3v) is 6.66. The van der Waals surface area contributed by atoms with Crippen LogP contribution in [-0.4, -0.2) is 67.4 Å². The number of amides is 1. The van der Waals surface area contributed by atoms with E-state index in [1.807, 2.05) is 20.8 Å². The van der Waals surface area contributed by atoms with E-state index in [2.05, 4.69) is 30.8 Å². The van der Waals surface area contributed by atoms with Crippen molar-refractivity contribution in [3.63, 3.8) is 0 Å². The summed E-state index contributed by atoms with van der Waals surface area (Å²) in [4.78, 5) is 25.1. The highest BCUT2D eigenvalue weighted by Gasteiger charge is 2.26. The fourth-order valence-electron chi connectivity index (χ4n) is 3.90. The number of nitrogens with zero attached hydrogens (tertiary/aromatic N) is 4. The molecule has 0 N–H and O–H groups in total. The van der Waals surface area contributed by atoms with Gasteiger partial charge in [-0.05, 0) is 62.7 Å². The number of carbonyl (C=O) groups excluding carboxylic acids is 1. The third-order valence-electron chi connectivity index (χ3n) is 5.66. The molecule has 214 valence electrons. The quantitative estimate of drug-likeness (QED) is 0.316. The maximum absolute atomic E-state index is 14.1. The minimum atomic E-state index is -3.69. The van der Waals surface area contributed by atoms with Gasteiger partial charge in [-0.1, -0.05) is 15.9 Å². The van der Waals surface area contributed by atoms with Gasteiger partial charge in [0.1, 0.15) is 23.0 Å². The molecule has 4 rings (SSSR count). The summed E-state index contributed by atoms with van der Waals surface area (Å²) in [5.74, 6) is 0.824. The summed E-state index contributed by atoms with van der Waals surface area (Å²) < 4.78 is 54.0. The molecule has 2 aromatic heterocycles. The van der Waals surface area contributed by atoms with Gasteiger partial charge in [-0.25, -0.2) is 19.2 Å². The molecule has 0 aliphatic carbocycles. The number of carbonyl (C=O) groups is 1. The van der Waals surface area contributed by atoms with Gasteiger partial charge in [0.2, 0.25) is 5.88 Å². The molecule has 0 spiro atoms. The topological polar surface area (TPSA) is 111 Å². The number of hydrogen-bond acceptors (Lipinski definition) is 9. The molecule has 0 radical (unpaired) electrons. The molecule has 1 aliphatic rings. The van der Waals surface area contributed by atoms with Crippen molar-refractivity contribution in [2.75, 3.05) is 37.3 Å². The zero-order valence-corrected chi connectivity index (χ0v) is 25.0. The van der Waals surface area contributed by atoms with E-state index < -0.39 is 21.5 Å². The molecule has 1 aliphatic heterocycles. The van der Waals surface area contributed by atoms with E-state index >= 15 is 0 Å². The first kappa shape index (κ1) is 29.7. The molecule has 3 heterocycles. The Morgan fingerprint density at radius 2 is 1.80 bits per heavy atom. The Morgan fingerprint density at radius 1 is 1.07 bits per heavy atom. The third kappa shape index (κ3) is 8.60. The van der Waals surface area contributed by atoms with E-state index in [0.717, 1.165) is 12.1 Å². The first-order valence-corrected chi connectivity index (χ1v) is 15.0. The number of ether oxygens (including phenoxy) is 2. The lowest BCUT2D eigenvalue weighted by Crippen LogP contribution is -2.50. The maximum Gasteiger partial charge on any atom is 0.410 e. The number of halogens is 2. The van der Waals surface area contributed by atoms with Crippen LogP contribution in [0.25, 0.3) is 11.3 Å². The number of piperazine rings is 1. The van der Waals surface area contributed by atoms with E-state index in [-0.39, 0.29) is 18.6 Å². The molecule has 0 bridgehead atoms. The lowest BCUT2D eigenvalue weighted by Gasteiger charge is -2.36. The lowest BCUT2D eigenvalue weighted by atomic mass is 10.1. The lowest BCUT2D eigenvalue weighted by molar-refractivity contribution is 0.0240. The Labute approximate surface area is 241 Å². The molecule has 13 heteroatoms. The summed E-state index contributed by atoms with van der Waals surface area (Å²) in [5.41, 5.74) is 0.766. The minimum absolute atomic E-state index is 0.158. The van der Waals surface area contributed by atoms with Gasteiger partial charge in [0.15, 0.2) is 0 Å². The van der Waals surface area contributed by atoms with Crippen LogP contribution >= 0.6 is 15.9 Å². The zero-order chi connectivity index (χ0) is 29.1. The van der Waals surface area contributed by atoms with Crippen molar-refractivity contribution in [1.82, 2.24) is 14.9 Å². The van der Waals surface area contributed by atoms with Crippen molar-refractivity contribution in [2.45, 2.75) is 33.0 Å². The Morgan fingerprint density at radius 3 is 2.40 bits per heavy atom. The minimum Gasteiger partial charge on any atom is -0.444 e. The Balaban J connectivity index is 1.48. The fraction of sp³-hybridized carbons (Fsp3) is 0.370. The van der Waals surface area contributed by atoms with Crippen LogP contribution in [0.2, 0.25) is 0 Å². The van der Waals surface area contributed by atoms with Gasteiger partial charge in [0.05, 0.1) is 24.8 Å². The van der Waals surface area contributed by atoms with Crippen LogP contribution in [0, 0.1) is 5.82 Å². The largest absolute Gasteiger partial charge is 0.444 e. The van der Waals surface area contributed by atoms with E-state index in [4.69, 9.17) is 13.7 Å². The van der Waals surface area contributed by atoms with Crippen LogP contribution in [0.1, 0.15) is 26.3 Å². The molecule has 0 unspecified atom stereocenters. The fourth-order valence-corrected chi connectivity index (χ4v) is 4.72. The van der Waals surface area contributed by atoms with E-state index in [1.165, 1.54) is 12.1 Å². The van der Waals surface area contributed by atoms with Crippen molar-refractivity contribution in [3.05, 3.63) is 64.5 Å². The molecule has 0 atom stereocenters. The van der Waals surface area contributed by atoms with Crippen LogP contribution in [0.3, 0.4) is 0 Å². The average molecular weight is 638 g/mol. The number of anilines is 1. The van der Waals surface area contributed by atoms with Crippen molar-refractivity contribution in [3.8, 4) is 22.9 Å². The van der Waals surface area contributed by atoms with Gasteiger partial charge in [0, 0.05) is 42.3 Å². The summed E-state index contributed by atoms with van der Waals surface area (Å²) >= 11 is 3.28. The highest BCUT2D eigenvalue weighted by Crippen LogP contribution is 2.29. The standard InChI is InChI=1S/C27H30BrFN4O6S/c1-27(2,3)39-26(34)33-9-7-32(8-10-33)24-6-5-22(16-30-24)38-25-12-18(17-37-40(4,35)36)11-23(31-25)19-13-20(28)15-21(29)14-19/h5-6,11-16H,7-10,17H2,1-4H3. The van der Waals surface area contributed by atoms with Gasteiger partial charge < -0.3 is 19.3 Å². The normalized spacial score (nSPS) is 14.2. The van der Waals surface area contributed by atoms with Crippen molar-refractivity contribution in [2.24, 2.45) is 0 Å². The highest BCUT2D eigenvalue weighted by atomic mass is 79.9. The van der Waals surface area contributed by atoms with Crippen LogP contribution < -0.4 is 9.64 Å². The first-order valence-electron chi connectivity index (χ1n) is 12.4. The highest BCUT2D eigenvalue weighted by molar-refractivity contribution is 9.10. The molecule has 1 saturated heterocycles. The molecular weight excluding hydrogens is 607 g/mol. The summed E-state index contributed by atoms with van der Waals surface area (Å²) in [6.45, 7) is 7.50. The Hall–Kier alpha value is -3.29. The molecular formula is C27H30BrFN4O6S. The summed E-state index contributed by atoms with van der Waals surface area (Å²) in [6.07, 6.45) is 2.18. The average Bonchev–Trinajstić information content (AvgIpc) is 2.86. The van der Waals surface area contributed by atoms with Gasteiger partial charge in [-0.15, -0.1) is 0 Å². The first-order chi connectivity index (χ1) is 18.7. The van der Waals surface area contributed by atoms with Crippen molar-refractivity contribution in [1.29, 1.82) is 0 Å². The second-order valence-corrected chi connectivity index (χ2v) is 12.8. The molecule has 0 saturated carbocycles. The predicted molar refractivity (Wildman–Crippen MR) is 151 cm³/mol. The van der Waals surface area contributed by atoms with Gasteiger partial charge >= 0.3 is 6.09 Å².